The predicted octanol–water partition coefficient (Wildman–Crippen LogP) is 0.243. The molecule has 1 aromatic rings. The Morgan fingerprint density at radius 3 is 2.55 bits per heavy atom. The second kappa shape index (κ2) is 6.25. The van der Waals surface area contributed by atoms with Crippen LogP contribution in [0.25, 0.3) is 0 Å². The van der Waals surface area contributed by atoms with Crippen molar-refractivity contribution in [3.8, 4) is 0 Å². The fourth-order valence-electron chi connectivity index (χ4n) is 1.90. The molecular weight excluding hydrogens is 262 g/mol. The second-order valence-corrected chi connectivity index (χ2v) is 4.58. The van der Waals surface area contributed by atoms with Crippen LogP contribution in [0.4, 0.5) is 0 Å². The van der Waals surface area contributed by atoms with Crippen LogP contribution >= 0.6 is 0 Å². The summed E-state index contributed by atoms with van der Waals surface area (Å²) in [4.78, 5) is 43.4. The van der Waals surface area contributed by atoms with Gasteiger partial charge in [-0.2, -0.15) is 0 Å². The van der Waals surface area contributed by atoms with Gasteiger partial charge in [-0.05, 0) is 24.6 Å². The van der Waals surface area contributed by atoms with Gasteiger partial charge in [0.1, 0.15) is 6.10 Å². The number of amides is 3. The second-order valence-electron chi connectivity index (χ2n) is 4.58. The minimum atomic E-state index is -0.680. The summed E-state index contributed by atoms with van der Waals surface area (Å²) in [5.74, 6) is -2.03. The highest BCUT2D eigenvalue weighted by Crippen LogP contribution is 2.16. The molecule has 1 aliphatic rings. The number of rotatable bonds is 4. The third kappa shape index (κ3) is 3.61. The van der Waals surface area contributed by atoms with Crippen molar-refractivity contribution in [2.45, 2.75) is 25.9 Å². The fraction of sp³-hybridized carbons (Fsp3) is 0.385. The van der Waals surface area contributed by atoms with Crippen LogP contribution in [0, 0.1) is 5.92 Å². The van der Waals surface area contributed by atoms with Crippen LogP contribution in [0.1, 0.15) is 31.4 Å². The van der Waals surface area contributed by atoms with Crippen LogP contribution < -0.4 is 10.8 Å². The Balaban J connectivity index is 1.86. The van der Waals surface area contributed by atoms with E-state index in [2.05, 4.69) is 15.8 Å². The van der Waals surface area contributed by atoms with E-state index < -0.39 is 23.6 Å². The Labute approximate surface area is 115 Å². The lowest BCUT2D eigenvalue weighted by molar-refractivity contribution is -0.149. The van der Waals surface area contributed by atoms with E-state index in [0.29, 0.717) is 0 Å². The molecule has 0 radical (unpaired) electrons. The molecule has 1 atom stereocenters. The summed E-state index contributed by atoms with van der Waals surface area (Å²) in [6.07, 6.45) is 2.88. The summed E-state index contributed by atoms with van der Waals surface area (Å²) in [7, 11) is 0. The molecule has 106 valence electrons. The zero-order chi connectivity index (χ0) is 14.5. The highest BCUT2D eigenvalue weighted by Gasteiger charge is 2.30. The average Bonchev–Trinajstić information content (AvgIpc) is 2.44. The minimum Gasteiger partial charge on any atom is -0.296 e. The lowest BCUT2D eigenvalue weighted by Gasteiger charge is -2.21. The summed E-state index contributed by atoms with van der Waals surface area (Å²) in [5.41, 5.74) is 3.16. The third-order valence-corrected chi connectivity index (χ3v) is 3.03. The van der Waals surface area contributed by atoms with Crippen molar-refractivity contribution >= 4 is 17.7 Å². The quantitative estimate of drug-likeness (QED) is 0.607. The zero-order valence-corrected chi connectivity index (χ0v) is 11.0. The first-order chi connectivity index (χ1) is 9.56. The monoisotopic (exact) mass is 277 g/mol. The van der Waals surface area contributed by atoms with Crippen LogP contribution in [-0.4, -0.2) is 22.7 Å². The fourth-order valence-corrected chi connectivity index (χ4v) is 1.90. The molecule has 0 unspecified atom stereocenters. The van der Waals surface area contributed by atoms with E-state index in [9.17, 15) is 14.4 Å². The van der Waals surface area contributed by atoms with Gasteiger partial charge in [0.05, 0.1) is 5.92 Å². The van der Waals surface area contributed by atoms with Crippen molar-refractivity contribution in [1.29, 1.82) is 0 Å². The molecule has 0 spiro atoms. The van der Waals surface area contributed by atoms with Gasteiger partial charge in [0.25, 0.3) is 0 Å². The average molecular weight is 277 g/mol. The number of aromatic nitrogens is 1. The van der Waals surface area contributed by atoms with E-state index >= 15 is 0 Å². The van der Waals surface area contributed by atoms with Crippen LogP contribution in [0.2, 0.25) is 0 Å². The maximum absolute atomic E-state index is 11.8. The molecule has 0 aliphatic carbocycles. The van der Waals surface area contributed by atoms with Gasteiger partial charge < -0.3 is 0 Å². The number of hydrogen-bond acceptors (Lipinski definition) is 5. The van der Waals surface area contributed by atoms with Gasteiger partial charge in [0.2, 0.25) is 17.7 Å². The first-order valence-electron chi connectivity index (χ1n) is 6.24. The number of piperidine rings is 1. The third-order valence-electron chi connectivity index (χ3n) is 3.03. The summed E-state index contributed by atoms with van der Waals surface area (Å²) in [6, 6.07) is 3.54. The highest BCUT2D eigenvalue weighted by molar-refractivity contribution is 6.01. The highest BCUT2D eigenvalue weighted by atomic mass is 16.7. The van der Waals surface area contributed by atoms with E-state index in [1.54, 1.807) is 31.5 Å². The Kier molecular flexibility index (Phi) is 4.41. The van der Waals surface area contributed by atoms with E-state index in [4.69, 9.17) is 4.84 Å². The molecule has 7 nitrogen and oxygen atoms in total. The molecule has 1 saturated heterocycles. The van der Waals surface area contributed by atoms with E-state index in [-0.39, 0.29) is 18.9 Å². The van der Waals surface area contributed by atoms with E-state index in [1.165, 1.54) is 0 Å². The Morgan fingerprint density at radius 2 is 1.95 bits per heavy atom. The molecule has 2 rings (SSSR count). The van der Waals surface area contributed by atoms with Gasteiger partial charge in [0, 0.05) is 25.2 Å². The molecule has 7 heteroatoms. The number of imide groups is 1. The Morgan fingerprint density at radius 1 is 1.35 bits per heavy atom. The first-order valence-corrected chi connectivity index (χ1v) is 6.24. The molecule has 2 N–H and O–H groups in total. The van der Waals surface area contributed by atoms with Crippen molar-refractivity contribution in [1.82, 2.24) is 15.8 Å². The molecule has 1 aromatic heterocycles. The van der Waals surface area contributed by atoms with E-state index in [1.807, 2.05) is 0 Å². The molecule has 0 bridgehead atoms. The number of hydrogen-bond donors (Lipinski definition) is 2. The van der Waals surface area contributed by atoms with E-state index in [0.717, 1.165) is 5.56 Å². The Bertz CT molecular complexity index is 502. The maximum Gasteiger partial charge on any atom is 0.247 e. The number of hydroxylamine groups is 1. The van der Waals surface area contributed by atoms with Crippen LogP contribution in [-0.2, 0) is 19.2 Å². The summed E-state index contributed by atoms with van der Waals surface area (Å²) < 4.78 is 0. The van der Waals surface area contributed by atoms with Crippen molar-refractivity contribution in [3.63, 3.8) is 0 Å². The smallest absolute Gasteiger partial charge is 0.247 e. The molecule has 1 fully saturated rings. The van der Waals surface area contributed by atoms with Gasteiger partial charge in [-0.25, -0.2) is 5.48 Å². The lowest BCUT2D eigenvalue weighted by atomic mass is 9.96. The summed E-state index contributed by atoms with van der Waals surface area (Å²) in [5, 5.41) is 2.15. The Hall–Kier alpha value is -2.28. The van der Waals surface area contributed by atoms with Crippen LogP contribution in [0.3, 0.4) is 0 Å². The largest absolute Gasteiger partial charge is 0.296 e. The minimum absolute atomic E-state index is 0.00935. The number of nitrogens with zero attached hydrogens (tertiary/aromatic N) is 1. The molecule has 0 aromatic carbocycles. The van der Waals surface area contributed by atoms with Gasteiger partial charge >= 0.3 is 0 Å². The predicted molar refractivity (Wildman–Crippen MR) is 67.8 cm³/mol. The zero-order valence-electron chi connectivity index (χ0n) is 11.0. The molecule has 20 heavy (non-hydrogen) atoms. The van der Waals surface area contributed by atoms with Gasteiger partial charge in [-0.15, -0.1) is 0 Å². The molecule has 2 heterocycles. The lowest BCUT2D eigenvalue weighted by Crippen LogP contribution is -2.44. The van der Waals surface area contributed by atoms with Crippen molar-refractivity contribution < 1.29 is 19.2 Å². The summed E-state index contributed by atoms with van der Waals surface area (Å²) >= 11 is 0. The van der Waals surface area contributed by atoms with Gasteiger partial charge in [-0.1, -0.05) is 0 Å². The summed E-state index contributed by atoms with van der Waals surface area (Å²) in [6.45, 7) is 1.77. The van der Waals surface area contributed by atoms with Crippen molar-refractivity contribution in [2.75, 3.05) is 0 Å². The SMILES string of the molecule is C[C@H](ONC(=O)C1CC(=O)NC(=O)C1)c1ccncc1. The van der Waals surface area contributed by atoms with Crippen molar-refractivity contribution in [3.05, 3.63) is 30.1 Å². The van der Waals surface area contributed by atoms with Gasteiger partial charge in [0.15, 0.2) is 0 Å². The standard InChI is InChI=1S/C13H15N3O4/c1-8(9-2-4-14-5-3-9)20-16-13(19)10-6-11(17)15-12(18)7-10/h2-5,8,10H,6-7H2,1H3,(H,16,19)(H,15,17,18)/t8-/m0/s1. The number of carbonyl (C=O) groups is 3. The molecule has 3 amide bonds. The number of carbonyl (C=O) groups excluding carboxylic acids is 3. The topological polar surface area (TPSA) is 97.4 Å². The molecule has 0 saturated carbocycles. The van der Waals surface area contributed by atoms with Crippen LogP contribution in [0.5, 0.6) is 0 Å². The number of nitrogens with one attached hydrogen (secondary N) is 2. The van der Waals surface area contributed by atoms with Crippen LogP contribution in [0.15, 0.2) is 24.5 Å². The maximum atomic E-state index is 11.8. The number of pyridine rings is 1. The van der Waals surface area contributed by atoms with Gasteiger partial charge in [-0.3, -0.25) is 29.5 Å². The molecule has 1 aliphatic heterocycles. The normalized spacial score (nSPS) is 17.4. The molecular formula is C13H15N3O4. The van der Waals surface area contributed by atoms with Crippen molar-refractivity contribution in [2.24, 2.45) is 5.92 Å². The first kappa shape index (κ1) is 14.1.